The van der Waals surface area contributed by atoms with Crippen LogP contribution in [0.4, 0.5) is 0 Å². The van der Waals surface area contributed by atoms with Crippen molar-refractivity contribution in [1.29, 1.82) is 0 Å². The monoisotopic (exact) mass is 236 g/mol. The van der Waals surface area contributed by atoms with Gasteiger partial charge >= 0.3 is 0 Å². The molecule has 0 spiro atoms. The van der Waals surface area contributed by atoms with Gasteiger partial charge in [0.2, 0.25) is 0 Å². The summed E-state index contributed by atoms with van der Waals surface area (Å²) in [6, 6.07) is 3.94. The summed E-state index contributed by atoms with van der Waals surface area (Å²) in [5.74, 6) is 2.83. The van der Waals surface area contributed by atoms with Gasteiger partial charge in [-0.3, -0.25) is 0 Å². The van der Waals surface area contributed by atoms with E-state index in [0.717, 1.165) is 23.9 Å². The Labute approximate surface area is 103 Å². The molecule has 1 aliphatic heterocycles. The number of rotatable bonds is 2. The molecular weight excluding hydrogens is 216 g/mol. The van der Waals surface area contributed by atoms with Gasteiger partial charge in [0.05, 0.1) is 20.8 Å². The van der Waals surface area contributed by atoms with E-state index in [1.165, 1.54) is 5.56 Å². The van der Waals surface area contributed by atoms with Crippen LogP contribution in [0, 0.1) is 5.41 Å². The first kappa shape index (κ1) is 12.1. The summed E-state index contributed by atoms with van der Waals surface area (Å²) >= 11 is 0. The van der Waals surface area contributed by atoms with E-state index >= 15 is 0 Å². The highest BCUT2D eigenvalue weighted by Gasteiger charge is 2.35. The van der Waals surface area contributed by atoms with Crippen molar-refractivity contribution in [3.63, 3.8) is 0 Å². The average molecular weight is 236 g/mol. The quantitative estimate of drug-likeness (QED) is 0.789. The summed E-state index contributed by atoms with van der Waals surface area (Å²) in [5, 5.41) is 0. The predicted octanol–water partition coefficient (Wildman–Crippen LogP) is 3.23. The van der Waals surface area contributed by atoms with Crippen molar-refractivity contribution >= 4 is 0 Å². The number of ether oxygens (including phenoxy) is 3. The lowest BCUT2D eigenvalue weighted by Gasteiger charge is -2.38. The van der Waals surface area contributed by atoms with Crippen LogP contribution in [0.3, 0.4) is 0 Å². The van der Waals surface area contributed by atoms with Crippen LogP contribution in [0.25, 0.3) is 0 Å². The molecule has 0 saturated heterocycles. The Hall–Kier alpha value is -1.38. The average Bonchev–Trinajstić information content (AvgIpc) is 2.33. The maximum atomic E-state index is 5.82. The molecule has 0 aliphatic carbocycles. The summed E-state index contributed by atoms with van der Waals surface area (Å²) in [6.45, 7) is 7.40. The second-order valence-corrected chi connectivity index (χ2v) is 5.24. The minimum atomic E-state index is 0.145. The second-order valence-electron chi connectivity index (χ2n) is 5.24. The van der Waals surface area contributed by atoms with Gasteiger partial charge in [0.1, 0.15) is 5.75 Å². The molecule has 17 heavy (non-hydrogen) atoms. The van der Waals surface area contributed by atoms with Gasteiger partial charge in [0.25, 0.3) is 0 Å². The Bertz CT molecular complexity index is 424. The highest BCUT2D eigenvalue weighted by atomic mass is 16.5. The first-order chi connectivity index (χ1) is 7.99. The minimum Gasteiger partial charge on any atom is -0.493 e. The maximum absolute atomic E-state index is 5.82. The molecule has 0 aromatic heterocycles. The first-order valence-corrected chi connectivity index (χ1v) is 5.88. The van der Waals surface area contributed by atoms with E-state index in [0.29, 0.717) is 5.92 Å². The molecule has 1 aromatic carbocycles. The van der Waals surface area contributed by atoms with Crippen molar-refractivity contribution in [2.75, 3.05) is 20.8 Å². The zero-order chi connectivity index (χ0) is 12.6. The van der Waals surface area contributed by atoms with Gasteiger partial charge in [-0.05, 0) is 12.0 Å². The Kier molecular flexibility index (Phi) is 2.94. The SMILES string of the molecule is COc1cc2c(cc1OC)C(C)C(C)(C)CO2. The van der Waals surface area contributed by atoms with Crippen LogP contribution in [0.5, 0.6) is 17.2 Å². The fourth-order valence-corrected chi connectivity index (χ4v) is 2.15. The van der Waals surface area contributed by atoms with Crippen LogP contribution in [0.1, 0.15) is 32.3 Å². The third-order valence-corrected chi connectivity index (χ3v) is 3.75. The molecule has 1 aromatic rings. The summed E-state index contributed by atoms with van der Waals surface area (Å²) in [6.07, 6.45) is 0. The molecule has 0 saturated carbocycles. The molecule has 1 atom stereocenters. The molecule has 0 N–H and O–H groups in total. The fourth-order valence-electron chi connectivity index (χ4n) is 2.15. The van der Waals surface area contributed by atoms with E-state index in [1.54, 1.807) is 14.2 Å². The van der Waals surface area contributed by atoms with Crippen LogP contribution in [0.2, 0.25) is 0 Å². The van der Waals surface area contributed by atoms with Crippen molar-refractivity contribution in [3.8, 4) is 17.2 Å². The van der Waals surface area contributed by atoms with E-state index < -0.39 is 0 Å². The molecule has 0 bridgehead atoms. The van der Waals surface area contributed by atoms with Gasteiger partial charge in [0.15, 0.2) is 11.5 Å². The van der Waals surface area contributed by atoms with Crippen LogP contribution < -0.4 is 14.2 Å². The molecule has 94 valence electrons. The van der Waals surface area contributed by atoms with Crippen LogP contribution in [-0.2, 0) is 0 Å². The smallest absolute Gasteiger partial charge is 0.164 e. The Balaban J connectivity index is 2.51. The lowest BCUT2D eigenvalue weighted by Crippen LogP contribution is -2.32. The second kappa shape index (κ2) is 4.13. The van der Waals surface area contributed by atoms with Crippen molar-refractivity contribution in [3.05, 3.63) is 17.7 Å². The first-order valence-electron chi connectivity index (χ1n) is 5.88. The number of fused-ring (bicyclic) bond motifs is 1. The van der Waals surface area contributed by atoms with Crippen LogP contribution in [0.15, 0.2) is 12.1 Å². The van der Waals surface area contributed by atoms with E-state index in [-0.39, 0.29) is 5.41 Å². The fraction of sp³-hybridized carbons (Fsp3) is 0.571. The molecular formula is C14H20O3. The maximum Gasteiger partial charge on any atom is 0.164 e. The summed E-state index contributed by atoms with van der Waals surface area (Å²) in [5.41, 5.74) is 1.34. The van der Waals surface area contributed by atoms with Crippen molar-refractivity contribution in [2.45, 2.75) is 26.7 Å². The van der Waals surface area contributed by atoms with E-state index in [9.17, 15) is 0 Å². The topological polar surface area (TPSA) is 27.7 Å². The van der Waals surface area contributed by atoms with Gasteiger partial charge < -0.3 is 14.2 Å². The molecule has 3 heteroatoms. The van der Waals surface area contributed by atoms with Crippen molar-refractivity contribution in [2.24, 2.45) is 5.41 Å². The number of benzene rings is 1. The number of hydrogen-bond acceptors (Lipinski definition) is 3. The molecule has 0 fully saturated rings. The van der Waals surface area contributed by atoms with E-state index in [4.69, 9.17) is 14.2 Å². The number of hydrogen-bond donors (Lipinski definition) is 0. The Morgan fingerprint density at radius 1 is 1.18 bits per heavy atom. The molecule has 2 rings (SSSR count). The van der Waals surface area contributed by atoms with Crippen LogP contribution >= 0.6 is 0 Å². The largest absolute Gasteiger partial charge is 0.493 e. The van der Waals surface area contributed by atoms with Crippen molar-refractivity contribution in [1.82, 2.24) is 0 Å². The van der Waals surface area contributed by atoms with E-state index in [1.807, 2.05) is 12.1 Å². The third-order valence-electron chi connectivity index (χ3n) is 3.75. The molecule has 3 nitrogen and oxygen atoms in total. The molecule has 1 unspecified atom stereocenters. The van der Waals surface area contributed by atoms with Gasteiger partial charge in [-0.1, -0.05) is 20.8 Å². The lowest BCUT2D eigenvalue weighted by molar-refractivity contribution is 0.126. The molecule has 0 radical (unpaired) electrons. The summed E-state index contributed by atoms with van der Waals surface area (Å²) < 4.78 is 16.4. The predicted molar refractivity (Wildman–Crippen MR) is 67.2 cm³/mol. The third kappa shape index (κ3) is 1.94. The van der Waals surface area contributed by atoms with E-state index in [2.05, 4.69) is 20.8 Å². The number of methoxy groups -OCH3 is 2. The molecule has 0 amide bonds. The Morgan fingerprint density at radius 2 is 1.76 bits per heavy atom. The lowest BCUT2D eigenvalue weighted by atomic mass is 9.75. The van der Waals surface area contributed by atoms with Gasteiger partial charge in [-0.2, -0.15) is 0 Å². The summed E-state index contributed by atoms with van der Waals surface area (Å²) in [4.78, 5) is 0. The standard InChI is InChI=1S/C14H20O3/c1-9-10-6-12(15-4)13(16-5)7-11(10)17-8-14(9,2)3/h6-7,9H,8H2,1-5H3. The normalized spacial score (nSPS) is 21.4. The van der Waals surface area contributed by atoms with Gasteiger partial charge in [0, 0.05) is 17.0 Å². The van der Waals surface area contributed by atoms with Gasteiger partial charge in [-0.25, -0.2) is 0 Å². The summed E-state index contributed by atoms with van der Waals surface area (Å²) in [7, 11) is 3.30. The Morgan fingerprint density at radius 3 is 2.35 bits per heavy atom. The molecule has 1 aliphatic rings. The van der Waals surface area contributed by atoms with Crippen molar-refractivity contribution < 1.29 is 14.2 Å². The highest BCUT2D eigenvalue weighted by Crippen LogP contribution is 2.47. The highest BCUT2D eigenvalue weighted by molar-refractivity contribution is 5.53. The minimum absolute atomic E-state index is 0.145. The zero-order valence-electron chi connectivity index (χ0n) is 11.2. The van der Waals surface area contributed by atoms with Gasteiger partial charge in [-0.15, -0.1) is 0 Å². The zero-order valence-corrected chi connectivity index (χ0v) is 11.2. The van der Waals surface area contributed by atoms with Crippen LogP contribution in [-0.4, -0.2) is 20.8 Å². The molecule has 1 heterocycles.